The van der Waals surface area contributed by atoms with Gasteiger partial charge in [-0.1, -0.05) is 0 Å². The number of amides is 1. The molecule has 1 aliphatic carbocycles. The standard InChI is InChI=1S/C19H25N3O3/c1-6-22-12(3)18(11(2)21-22)20-19(23)16-10-14(16)15-9-13(24-4)7-8-17(15)25-5/h7-9,14,16H,6,10H2,1-5H3,(H,20,23)/t14-,16+/m1/s1. The maximum absolute atomic E-state index is 12.7. The number of ether oxygens (including phenoxy) is 2. The van der Waals surface area contributed by atoms with Crippen LogP contribution in [0.5, 0.6) is 11.5 Å². The van der Waals surface area contributed by atoms with Crippen molar-refractivity contribution < 1.29 is 14.3 Å². The fraction of sp³-hybridized carbons (Fsp3) is 0.474. The van der Waals surface area contributed by atoms with E-state index in [4.69, 9.17) is 9.47 Å². The molecule has 2 aromatic rings. The molecule has 1 saturated carbocycles. The van der Waals surface area contributed by atoms with E-state index in [1.807, 2.05) is 43.7 Å². The first kappa shape index (κ1) is 17.3. The molecule has 0 unspecified atom stereocenters. The lowest BCUT2D eigenvalue weighted by Gasteiger charge is -2.10. The number of benzene rings is 1. The monoisotopic (exact) mass is 343 g/mol. The van der Waals surface area contributed by atoms with E-state index in [1.54, 1.807) is 14.2 Å². The van der Waals surface area contributed by atoms with Crippen molar-refractivity contribution in [2.75, 3.05) is 19.5 Å². The van der Waals surface area contributed by atoms with E-state index in [0.717, 1.165) is 47.1 Å². The zero-order valence-electron chi connectivity index (χ0n) is 15.4. The number of nitrogens with zero attached hydrogens (tertiary/aromatic N) is 2. The molecule has 1 aromatic carbocycles. The van der Waals surface area contributed by atoms with Crippen molar-refractivity contribution in [3.05, 3.63) is 35.2 Å². The summed E-state index contributed by atoms with van der Waals surface area (Å²) in [4.78, 5) is 12.7. The van der Waals surface area contributed by atoms with Crippen molar-refractivity contribution in [2.24, 2.45) is 5.92 Å². The molecule has 1 heterocycles. The third kappa shape index (κ3) is 3.21. The summed E-state index contributed by atoms with van der Waals surface area (Å²) in [5.74, 6) is 1.72. The minimum atomic E-state index is -0.0511. The predicted molar refractivity (Wildman–Crippen MR) is 96.4 cm³/mol. The zero-order valence-corrected chi connectivity index (χ0v) is 15.4. The van der Waals surface area contributed by atoms with Crippen LogP contribution >= 0.6 is 0 Å². The van der Waals surface area contributed by atoms with Crippen LogP contribution in [0.25, 0.3) is 0 Å². The number of rotatable bonds is 6. The summed E-state index contributed by atoms with van der Waals surface area (Å²) in [7, 11) is 3.29. The van der Waals surface area contributed by atoms with Gasteiger partial charge in [0, 0.05) is 23.9 Å². The summed E-state index contributed by atoms with van der Waals surface area (Å²) < 4.78 is 12.7. The Bertz CT molecular complexity index is 797. The van der Waals surface area contributed by atoms with Crippen LogP contribution < -0.4 is 14.8 Å². The van der Waals surface area contributed by atoms with E-state index in [0.29, 0.717) is 0 Å². The highest BCUT2D eigenvalue weighted by Crippen LogP contribution is 2.51. The molecule has 1 N–H and O–H groups in total. The Morgan fingerprint density at radius 2 is 2.08 bits per heavy atom. The van der Waals surface area contributed by atoms with Crippen LogP contribution in [0.2, 0.25) is 0 Å². The highest BCUT2D eigenvalue weighted by Gasteiger charge is 2.45. The van der Waals surface area contributed by atoms with Gasteiger partial charge in [0.1, 0.15) is 11.5 Å². The van der Waals surface area contributed by atoms with E-state index in [9.17, 15) is 4.79 Å². The van der Waals surface area contributed by atoms with Crippen LogP contribution in [-0.2, 0) is 11.3 Å². The molecule has 2 atom stereocenters. The van der Waals surface area contributed by atoms with Gasteiger partial charge in [-0.3, -0.25) is 9.48 Å². The molecule has 1 amide bonds. The van der Waals surface area contributed by atoms with E-state index < -0.39 is 0 Å². The molecule has 0 radical (unpaired) electrons. The van der Waals surface area contributed by atoms with Crippen molar-refractivity contribution in [1.82, 2.24) is 9.78 Å². The maximum Gasteiger partial charge on any atom is 0.228 e. The van der Waals surface area contributed by atoms with E-state index >= 15 is 0 Å². The molecule has 6 nitrogen and oxygen atoms in total. The van der Waals surface area contributed by atoms with Crippen molar-refractivity contribution in [3.63, 3.8) is 0 Å². The molecule has 0 saturated heterocycles. The van der Waals surface area contributed by atoms with Crippen molar-refractivity contribution >= 4 is 11.6 Å². The molecule has 1 fully saturated rings. The van der Waals surface area contributed by atoms with Crippen molar-refractivity contribution in [3.8, 4) is 11.5 Å². The first-order valence-corrected chi connectivity index (χ1v) is 8.56. The van der Waals surface area contributed by atoms with Gasteiger partial charge in [0.05, 0.1) is 31.3 Å². The van der Waals surface area contributed by atoms with E-state index in [-0.39, 0.29) is 17.7 Å². The lowest BCUT2D eigenvalue weighted by Crippen LogP contribution is -2.16. The quantitative estimate of drug-likeness (QED) is 0.874. The van der Waals surface area contributed by atoms with E-state index in [2.05, 4.69) is 10.4 Å². The Hall–Kier alpha value is -2.50. The molecule has 1 aromatic heterocycles. The number of hydrogen-bond donors (Lipinski definition) is 1. The normalized spacial score (nSPS) is 18.8. The lowest BCUT2D eigenvalue weighted by molar-refractivity contribution is -0.117. The van der Waals surface area contributed by atoms with Crippen LogP contribution in [0.3, 0.4) is 0 Å². The van der Waals surface area contributed by atoms with Crippen molar-refractivity contribution in [2.45, 2.75) is 39.7 Å². The van der Waals surface area contributed by atoms with Crippen LogP contribution in [0.15, 0.2) is 18.2 Å². The van der Waals surface area contributed by atoms with Crippen LogP contribution in [0, 0.1) is 19.8 Å². The highest BCUT2D eigenvalue weighted by atomic mass is 16.5. The Balaban J connectivity index is 1.76. The van der Waals surface area contributed by atoms with Gasteiger partial charge in [-0.2, -0.15) is 5.10 Å². The summed E-state index contributed by atoms with van der Waals surface area (Å²) in [6.45, 7) is 6.73. The number of hydrogen-bond acceptors (Lipinski definition) is 4. The molecule has 0 bridgehead atoms. The molecular weight excluding hydrogens is 318 g/mol. The SMILES string of the molecule is CCn1nc(C)c(NC(=O)[C@H]2C[C@@H]2c2cc(OC)ccc2OC)c1C. The first-order valence-electron chi connectivity index (χ1n) is 8.56. The molecular formula is C19H25N3O3. The lowest BCUT2D eigenvalue weighted by atomic mass is 10.1. The maximum atomic E-state index is 12.7. The topological polar surface area (TPSA) is 65.4 Å². The van der Waals surface area contributed by atoms with Crippen LogP contribution in [0.1, 0.15) is 36.2 Å². The van der Waals surface area contributed by atoms with Crippen molar-refractivity contribution in [1.29, 1.82) is 0 Å². The van der Waals surface area contributed by atoms with Gasteiger partial charge in [-0.15, -0.1) is 0 Å². The van der Waals surface area contributed by atoms with Crippen LogP contribution in [0.4, 0.5) is 5.69 Å². The number of carbonyl (C=O) groups is 1. The number of carbonyl (C=O) groups excluding carboxylic acids is 1. The number of nitrogens with one attached hydrogen (secondary N) is 1. The Morgan fingerprint density at radius 1 is 1.32 bits per heavy atom. The van der Waals surface area contributed by atoms with Gasteiger partial charge in [-0.05, 0) is 45.4 Å². The summed E-state index contributed by atoms with van der Waals surface area (Å²) in [5, 5.41) is 7.52. The van der Waals surface area contributed by atoms with E-state index in [1.165, 1.54) is 0 Å². The smallest absolute Gasteiger partial charge is 0.228 e. The second-order valence-corrected chi connectivity index (χ2v) is 6.41. The van der Waals surface area contributed by atoms with Crippen LogP contribution in [-0.4, -0.2) is 29.9 Å². The molecule has 6 heteroatoms. The van der Waals surface area contributed by atoms with Gasteiger partial charge in [0.2, 0.25) is 5.91 Å². The summed E-state index contributed by atoms with van der Waals surface area (Å²) in [5.41, 5.74) is 3.70. The Kier molecular flexibility index (Phi) is 4.70. The molecule has 3 rings (SSSR count). The minimum Gasteiger partial charge on any atom is -0.497 e. The minimum absolute atomic E-state index is 0.0386. The summed E-state index contributed by atoms with van der Waals surface area (Å²) in [6.07, 6.45) is 0.815. The largest absolute Gasteiger partial charge is 0.497 e. The molecule has 0 aliphatic heterocycles. The predicted octanol–water partition coefficient (Wildman–Crippen LogP) is 3.28. The molecule has 134 valence electrons. The fourth-order valence-corrected chi connectivity index (χ4v) is 3.36. The first-order chi connectivity index (χ1) is 12.0. The number of methoxy groups -OCH3 is 2. The molecule has 0 spiro atoms. The second kappa shape index (κ2) is 6.78. The van der Waals surface area contributed by atoms with Gasteiger partial charge < -0.3 is 14.8 Å². The average molecular weight is 343 g/mol. The third-order valence-corrected chi connectivity index (χ3v) is 4.89. The highest BCUT2D eigenvalue weighted by molar-refractivity contribution is 5.96. The molecule has 1 aliphatic rings. The Labute approximate surface area is 148 Å². The number of aryl methyl sites for hydroxylation is 2. The Morgan fingerprint density at radius 3 is 2.68 bits per heavy atom. The summed E-state index contributed by atoms with van der Waals surface area (Å²) >= 11 is 0. The third-order valence-electron chi connectivity index (χ3n) is 4.89. The molecule has 25 heavy (non-hydrogen) atoms. The number of aromatic nitrogens is 2. The summed E-state index contributed by atoms with van der Waals surface area (Å²) in [6, 6.07) is 5.72. The average Bonchev–Trinajstić information content (AvgIpc) is 3.38. The van der Waals surface area contributed by atoms with Gasteiger partial charge in [-0.25, -0.2) is 0 Å². The zero-order chi connectivity index (χ0) is 18.1. The number of anilines is 1. The van der Waals surface area contributed by atoms with Gasteiger partial charge in [0.25, 0.3) is 0 Å². The van der Waals surface area contributed by atoms with Gasteiger partial charge in [0.15, 0.2) is 0 Å². The van der Waals surface area contributed by atoms with Gasteiger partial charge >= 0.3 is 0 Å². The fourth-order valence-electron chi connectivity index (χ4n) is 3.36. The second-order valence-electron chi connectivity index (χ2n) is 6.41.